The second kappa shape index (κ2) is 34.2. The van der Waals surface area contributed by atoms with Crippen molar-refractivity contribution in [3.05, 3.63) is 262 Å². The van der Waals surface area contributed by atoms with Crippen LogP contribution in [-0.4, -0.2) is 142 Å². The van der Waals surface area contributed by atoms with Crippen molar-refractivity contribution in [2.24, 2.45) is 0 Å². The molecule has 4 N–H and O–H groups in total. The van der Waals surface area contributed by atoms with Crippen LogP contribution in [0.15, 0.2) is 212 Å². The van der Waals surface area contributed by atoms with E-state index in [0.29, 0.717) is 29.1 Å². The Bertz CT molecular complexity index is 4710. The van der Waals surface area contributed by atoms with E-state index >= 15 is 0 Å². The molecule has 26 nitrogen and oxygen atoms in total. The maximum absolute atomic E-state index is 13.9. The lowest BCUT2D eigenvalue weighted by Crippen LogP contribution is -2.38. The highest BCUT2D eigenvalue weighted by Gasteiger charge is 2.46. The Hall–Kier alpha value is -11.1. The van der Waals surface area contributed by atoms with Gasteiger partial charge in [-0.25, -0.2) is 24.5 Å². The molecule has 106 heavy (non-hydrogen) atoms. The van der Waals surface area contributed by atoms with Gasteiger partial charge in [0.2, 0.25) is 11.8 Å². The number of fused-ring (bicyclic) bond motifs is 4. The van der Waals surface area contributed by atoms with Crippen LogP contribution in [0.3, 0.4) is 0 Å². The van der Waals surface area contributed by atoms with Gasteiger partial charge in [0.15, 0.2) is 17.0 Å². The number of benzene rings is 7. The van der Waals surface area contributed by atoms with E-state index in [1.165, 1.54) is 34.4 Å². The molecule has 13 rings (SSSR count). The molecule has 2 fully saturated rings. The molecule has 27 heteroatoms. The summed E-state index contributed by atoms with van der Waals surface area (Å²) >= 11 is 0. The number of carbonyl (C=O) groups excluding carboxylic acids is 4. The Morgan fingerprint density at radius 1 is 0.689 bits per heavy atom. The standard InChI is InChI=1S/C79H78N11O15P/c1-88(78(96)99-46-63-61-22-12-10-20-59(61)60-21-11-13-23-62(60)63)39-14-24-69(92)85-68-37-40-89(77(95)86-68)71-43-64(91)66(103-71)48-102-106(101-41-15-38-80)105-65-44-72(104-67(65)47-100-79(54-18-8-5-9-19-54,55-29-33-57(97-2)34-30-55)56-31-35-58(98-3)36-32-56)90-50-84-73-74(82-49-83-75(73)90)87-76(94)53-27-25-52(26-28-53)45-81-70(93)42-51-16-6-4-7-17-51/h4-13,16-23,25-37,40,49-50,63-67,71-72,91H,14-15,24,39,41-48H2,1-3H3,(H,81,93)(H,82,83,87,94)(H,85,86,92,95)/t64?,65?,66-,67-,71-,72-,106?/m1/s1. The fourth-order valence-electron chi connectivity index (χ4n) is 13.3. The minimum atomic E-state index is -2.38. The number of hydrogen-bond acceptors (Lipinski definition) is 20. The number of carbonyl (C=O) groups is 4. The number of anilines is 2. The van der Waals surface area contributed by atoms with Crippen LogP contribution >= 0.6 is 8.60 Å². The monoisotopic (exact) mass is 1450 g/mol. The van der Waals surface area contributed by atoms with E-state index in [2.05, 4.69) is 61.2 Å². The average Bonchev–Trinajstić information content (AvgIpc) is 1.16. The number of methoxy groups -OCH3 is 2. The summed E-state index contributed by atoms with van der Waals surface area (Å²) in [7, 11) is 2.42. The minimum absolute atomic E-state index is 0.00285. The molecule has 3 aromatic heterocycles. The zero-order valence-electron chi connectivity index (χ0n) is 58.3. The van der Waals surface area contributed by atoms with Crippen LogP contribution in [0.2, 0.25) is 0 Å². The van der Waals surface area contributed by atoms with Gasteiger partial charge in [0.25, 0.3) is 5.91 Å². The quantitative estimate of drug-likeness (QED) is 0.0178. The normalized spacial score (nSPS) is 17.7. The number of ether oxygens (including phenoxy) is 6. The predicted molar refractivity (Wildman–Crippen MR) is 391 cm³/mol. The number of aliphatic hydroxyl groups excluding tert-OH is 1. The Kier molecular flexibility index (Phi) is 23.6. The number of amides is 4. The second-order valence-electron chi connectivity index (χ2n) is 25.5. The third-order valence-electron chi connectivity index (χ3n) is 18.8. The molecule has 7 aromatic carbocycles. The van der Waals surface area contributed by atoms with E-state index in [0.717, 1.165) is 50.1 Å². The van der Waals surface area contributed by atoms with Gasteiger partial charge in [-0.05, 0) is 99.0 Å². The predicted octanol–water partition coefficient (Wildman–Crippen LogP) is 11.3. The van der Waals surface area contributed by atoms with Gasteiger partial charge >= 0.3 is 20.4 Å². The summed E-state index contributed by atoms with van der Waals surface area (Å²) < 4.78 is 60.1. The molecule has 3 aliphatic rings. The molecule has 3 unspecified atom stereocenters. The summed E-state index contributed by atoms with van der Waals surface area (Å²) in [5.41, 5.74) is 7.29. The average molecular weight is 1450 g/mol. The Balaban J connectivity index is 0.684. The molecule has 4 amide bonds. The van der Waals surface area contributed by atoms with Crippen LogP contribution in [-0.2, 0) is 60.7 Å². The van der Waals surface area contributed by atoms with Crippen LogP contribution in [0.4, 0.5) is 16.4 Å². The molecule has 10 aromatic rings. The van der Waals surface area contributed by atoms with E-state index in [1.807, 2.05) is 133 Å². The van der Waals surface area contributed by atoms with Gasteiger partial charge in [-0.15, -0.1) is 0 Å². The number of nitrogens with one attached hydrogen (secondary N) is 3. The molecule has 2 saturated heterocycles. The second-order valence-corrected chi connectivity index (χ2v) is 26.7. The number of nitrogens with zero attached hydrogens (tertiary/aromatic N) is 8. The van der Waals surface area contributed by atoms with Gasteiger partial charge in [-0.3, -0.25) is 23.5 Å². The van der Waals surface area contributed by atoms with Crippen molar-refractivity contribution >= 4 is 55.2 Å². The first-order valence-corrected chi connectivity index (χ1v) is 35.8. The van der Waals surface area contributed by atoms with Gasteiger partial charge in [0.05, 0.1) is 71.5 Å². The smallest absolute Gasteiger partial charge is 0.409 e. The molecule has 0 bridgehead atoms. The highest BCUT2D eigenvalue weighted by atomic mass is 31.2. The molecule has 0 spiro atoms. The topological polar surface area (TPSA) is 313 Å². The molecular formula is C79H78N11O15P. The molecule has 1 aliphatic carbocycles. The van der Waals surface area contributed by atoms with Crippen molar-refractivity contribution in [3.8, 4) is 28.7 Å². The van der Waals surface area contributed by atoms with Crippen LogP contribution in [0.1, 0.15) is 99.8 Å². The fourth-order valence-corrected chi connectivity index (χ4v) is 14.4. The lowest BCUT2D eigenvalue weighted by Gasteiger charge is -2.37. The third kappa shape index (κ3) is 17.0. The first-order chi connectivity index (χ1) is 51.7. The maximum atomic E-state index is 13.9. The minimum Gasteiger partial charge on any atom is -0.497 e. The zero-order chi connectivity index (χ0) is 73.5. The maximum Gasteiger partial charge on any atom is 0.409 e. The summed E-state index contributed by atoms with van der Waals surface area (Å²) in [5, 5.41) is 29.7. The first kappa shape index (κ1) is 73.2. The molecule has 2 aliphatic heterocycles. The number of hydrogen-bond donors (Lipinski definition) is 4. The van der Waals surface area contributed by atoms with Gasteiger partial charge < -0.3 is 67.9 Å². The van der Waals surface area contributed by atoms with Crippen LogP contribution in [0.25, 0.3) is 22.3 Å². The van der Waals surface area contributed by atoms with Crippen molar-refractivity contribution in [2.45, 2.75) is 93.5 Å². The SMILES string of the molecule is COc1ccc(C(OC[C@H]2O[C@@H](n3cnc4c(NC(=O)c5ccc(CNC(=O)Cc6ccccc6)cc5)ncnc43)CC2OP(OCCC#N)OC[C@H]2O[C@@H](n3ccc(NC(=O)CCCN(C)C(=O)OCC4c5ccccc5-c5ccccc54)nc3=O)CC2O)(c2ccccc2)c2ccc(OC)cc2)cc1. The van der Waals surface area contributed by atoms with E-state index in [1.54, 1.807) is 50.1 Å². The van der Waals surface area contributed by atoms with Crippen LogP contribution in [0.5, 0.6) is 11.5 Å². The van der Waals surface area contributed by atoms with Crippen molar-refractivity contribution in [1.29, 1.82) is 5.26 Å². The summed E-state index contributed by atoms with van der Waals surface area (Å²) in [6, 6.07) is 60.9. The number of aliphatic hydroxyl groups is 1. The highest BCUT2D eigenvalue weighted by molar-refractivity contribution is 7.41. The molecule has 544 valence electrons. The first-order valence-electron chi connectivity index (χ1n) is 34.7. The number of rotatable bonds is 31. The molecule has 7 atom stereocenters. The largest absolute Gasteiger partial charge is 0.497 e. The van der Waals surface area contributed by atoms with Crippen LogP contribution in [0, 0.1) is 11.3 Å². The Labute approximate surface area is 612 Å². The van der Waals surface area contributed by atoms with Gasteiger partial charge in [-0.1, -0.05) is 146 Å². The molecule has 0 saturated carbocycles. The Morgan fingerprint density at radius 3 is 2.00 bits per heavy atom. The highest BCUT2D eigenvalue weighted by Crippen LogP contribution is 2.49. The number of imidazole rings is 1. The molecule has 0 radical (unpaired) electrons. The number of nitriles is 1. The number of aromatic nitrogens is 6. The van der Waals surface area contributed by atoms with E-state index in [-0.39, 0.29) is 101 Å². The summed E-state index contributed by atoms with van der Waals surface area (Å²) in [6.45, 7) is 0.157. The van der Waals surface area contributed by atoms with E-state index in [9.17, 15) is 34.3 Å². The van der Waals surface area contributed by atoms with Crippen molar-refractivity contribution in [3.63, 3.8) is 0 Å². The van der Waals surface area contributed by atoms with Crippen molar-refractivity contribution in [1.82, 2.24) is 39.3 Å². The molecule has 5 heterocycles. The van der Waals surface area contributed by atoms with Gasteiger partial charge in [0, 0.05) is 57.1 Å². The Morgan fingerprint density at radius 2 is 1.33 bits per heavy atom. The summed E-state index contributed by atoms with van der Waals surface area (Å²) in [4.78, 5) is 85.7. The van der Waals surface area contributed by atoms with E-state index in [4.69, 9.17) is 47.0 Å². The summed E-state index contributed by atoms with van der Waals surface area (Å²) in [5.74, 6) is 0.285. The molecular weight excluding hydrogens is 1370 g/mol. The third-order valence-corrected chi connectivity index (χ3v) is 20.0. The van der Waals surface area contributed by atoms with E-state index < -0.39 is 74.7 Å². The lowest BCUT2D eigenvalue weighted by molar-refractivity contribution is -0.120. The summed E-state index contributed by atoms with van der Waals surface area (Å²) in [6.07, 6.45) is -1.44. The van der Waals surface area contributed by atoms with Gasteiger partial charge in [0.1, 0.15) is 60.5 Å². The lowest BCUT2D eigenvalue weighted by atomic mass is 9.80. The zero-order valence-corrected chi connectivity index (χ0v) is 59.2. The fraction of sp³-hybridized carbons (Fsp3) is 0.291. The van der Waals surface area contributed by atoms with Crippen LogP contribution < -0.4 is 31.1 Å². The van der Waals surface area contributed by atoms with Crippen molar-refractivity contribution < 1.29 is 66.3 Å². The van der Waals surface area contributed by atoms with Crippen molar-refractivity contribution in [2.75, 3.05) is 64.9 Å². The van der Waals surface area contributed by atoms with Gasteiger partial charge in [-0.2, -0.15) is 10.2 Å².